The second-order valence-electron chi connectivity index (χ2n) is 3.94. The van der Waals surface area contributed by atoms with E-state index in [9.17, 15) is 18.0 Å². The van der Waals surface area contributed by atoms with Crippen LogP contribution in [-0.2, 0) is 6.18 Å². The molecule has 20 heavy (non-hydrogen) atoms. The topological polar surface area (TPSA) is 50.2 Å². The number of carbonyl (C=O) groups is 1. The van der Waals surface area contributed by atoms with Gasteiger partial charge in [0, 0.05) is 11.8 Å². The van der Waals surface area contributed by atoms with E-state index >= 15 is 0 Å². The molecule has 0 unspecified atom stereocenters. The Labute approximate surface area is 116 Å². The summed E-state index contributed by atoms with van der Waals surface area (Å²) in [6.07, 6.45) is -3.87. The molecule has 2 rings (SSSR count). The molecule has 7 heteroatoms. The Kier molecular flexibility index (Phi) is 3.67. The van der Waals surface area contributed by atoms with E-state index in [0.29, 0.717) is 11.8 Å². The SMILES string of the molecule is O=C(O)c1ccc(-c2cc(C(F)(F)F)cnc2Cl)cc1. The summed E-state index contributed by atoms with van der Waals surface area (Å²) in [4.78, 5) is 14.2. The van der Waals surface area contributed by atoms with Crippen LogP contribution in [0.15, 0.2) is 36.5 Å². The molecule has 104 valence electrons. The summed E-state index contributed by atoms with van der Waals surface area (Å²) in [7, 11) is 0. The maximum atomic E-state index is 12.6. The van der Waals surface area contributed by atoms with Crippen LogP contribution in [0.5, 0.6) is 0 Å². The van der Waals surface area contributed by atoms with E-state index < -0.39 is 17.7 Å². The lowest BCUT2D eigenvalue weighted by Crippen LogP contribution is -2.06. The Morgan fingerprint density at radius 2 is 1.80 bits per heavy atom. The van der Waals surface area contributed by atoms with Gasteiger partial charge in [-0.1, -0.05) is 23.7 Å². The van der Waals surface area contributed by atoms with Gasteiger partial charge in [0.05, 0.1) is 11.1 Å². The minimum atomic E-state index is -4.52. The summed E-state index contributed by atoms with van der Waals surface area (Å²) >= 11 is 5.79. The zero-order valence-corrected chi connectivity index (χ0v) is 10.5. The normalized spacial score (nSPS) is 11.4. The van der Waals surface area contributed by atoms with Gasteiger partial charge in [0.15, 0.2) is 0 Å². The predicted molar refractivity (Wildman–Crippen MR) is 66.6 cm³/mol. The van der Waals surface area contributed by atoms with E-state index in [-0.39, 0.29) is 16.3 Å². The molecule has 0 saturated heterocycles. The highest BCUT2D eigenvalue weighted by Gasteiger charge is 2.31. The lowest BCUT2D eigenvalue weighted by atomic mass is 10.0. The minimum Gasteiger partial charge on any atom is -0.478 e. The van der Waals surface area contributed by atoms with Crippen molar-refractivity contribution in [3.63, 3.8) is 0 Å². The number of hydrogen-bond acceptors (Lipinski definition) is 2. The van der Waals surface area contributed by atoms with Crippen LogP contribution in [-0.4, -0.2) is 16.1 Å². The van der Waals surface area contributed by atoms with Crippen LogP contribution >= 0.6 is 11.6 Å². The summed E-state index contributed by atoms with van der Waals surface area (Å²) in [6.45, 7) is 0. The largest absolute Gasteiger partial charge is 0.478 e. The van der Waals surface area contributed by atoms with Crippen molar-refractivity contribution in [3.05, 3.63) is 52.8 Å². The number of alkyl halides is 3. The molecular weight excluding hydrogens is 295 g/mol. The first-order valence-electron chi connectivity index (χ1n) is 5.35. The third kappa shape index (κ3) is 2.91. The third-order valence-corrected chi connectivity index (χ3v) is 2.91. The first-order chi connectivity index (χ1) is 9.29. The van der Waals surface area contributed by atoms with Crippen LogP contribution in [0.2, 0.25) is 5.15 Å². The number of benzene rings is 1. The van der Waals surface area contributed by atoms with E-state index in [1.165, 1.54) is 24.3 Å². The number of carboxylic acids is 1. The van der Waals surface area contributed by atoms with Gasteiger partial charge in [0.1, 0.15) is 5.15 Å². The molecule has 1 aromatic carbocycles. The molecule has 0 bridgehead atoms. The van der Waals surface area contributed by atoms with Gasteiger partial charge >= 0.3 is 12.1 Å². The number of rotatable bonds is 2. The fraction of sp³-hybridized carbons (Fsp3) is 0.0769. The van der Waals surface area contributed by atoms with Crippen LogP contribution in [0.3, 0.4) is 0 Å². The van der Waals surface area contributed by atoms with E-state index in [1.54, 1.807) is 0 Å². The number of aromatic carboxylic acids is 1. The number of pyridine rings is 1. The summed E-state index contributed by atoms with van der Waals surface area (Å²) in [5.74, 6) is -1.12. The maximum absolute atomic E-state index is 12.6. The average Bonchev–Trinajstić information content (AvgIpc) is 2.38. The standard InChI is InChI=1S/C13H7ClF3NO2/c14-11-10(5-9(6-18-11)13(15,16)17)7-1-3-8(4-2-7)12(19)20/h1-6H,(H,19,20). The van der Waals surface area contributed by atoms with Crippen molar-refractivity contribution < 1.29 is 23.1 Å². The Morgan fingerprint density at radius 3 is 2.30 bits per heavy atom. The zero-order chi connectivity index (χ0) is 14.9. The van der Waals surface area contributed by atoms with Crippen molar-refractivity contribution in [2.75, 3.05) is 0 Å². The molecule has 3 nitrogen and oxygen atoms in total. The predicted octanol–water partition coefficient (Wildman–Crippen LogP) is 4.12. The van der Waals surface area contributed by atoms with Crippen molar-refractivity contribution in [2.45, 2.75) is 6.18 Å². The molecule has 1 aromatic heterocycles. The number of hydrogen-bond donors (Lipinski definition) is 1. The molecule has 2 aromatic rings. The second kappa shape index (κ2) is 5.13. The summed E-state index contributed by atoms with van der Waals surface area (Å²) in [5, 5.41) is 8.68. The number of carboxylic acid groups (broad SMARTS) is 1. The van der Waals surface area contributed by atoms with Crippen LogP contribution in [0.1, 0.15) is 15.9 Å². The van der Waals surface area contributed by atoms with Crippen LogP contribution in [0, 0.1) is 0 Å². The average molecular weight is 302 g/mol. The van der Waals surface area contributed by atoms with Crippen molar-refractivity contribution in [3.8, 4) is 11.1 Å². The van der Waals surface area contributed by atoms with Crippen molar-refractivity contribution in [1.82, 2.24) is 4.98 Å². The molecule has 0 aliphatic heterocycles. The lowest BCUT2D eigenvalue weighted by Gasteiger charge is -2.10. The van der Waals surface area contributed by atoms with Gasteiger partial charge in [-0.25, -0.2) is 9.78 Å². The lowest BCUT2D eigenvalue weighted by molar-refractivity contribution is -0.137. The highest BCUT2D eigenvalue weighted by atomic mass is 35.5. The second-order valence-corrected chi connectivity index (χ2v) is 4.30. The Hall–Kier alpha value is -2.08. The van der Waals surface area contributed by atoms with Crippen LogP contribution in [0.25, 0.3) is 11.1 Å². The smallest absolute Gasteiger partial charge is 0.417 e. The quantitative estimate of drug-likeness (QED) is 0.849. The van der Waals surface area contributed by atoms with Gasteiger partial charge in [0.25, 0.3) is 0 Å². The fourth-order valence-electron chi connectivity index (χ4n) is 1.60. The zero-order valence-electron chi connectivity index (χ0n) is 9.78. The molecule has 0 aliphatic carbocycles. The third-order valence-electron chi connectivity index (χ3n) is 2.61. The molecule has 0 fully saturated rings. The molecule has 1 N–H and O–H groups in total. The number of halogens is 4. The van der Waals surface area contributed by atoms with Gasteiger partial charge < -0.3 is 5.11 Å². The summed E-state index contributed by atoms with van der Waals surface area (Å²) in [5.41, 5.74) is -0.430. The summed E-state index contributed by atoms with van der Waals surface area (Å²) < 4.78 is 37.9. The molecule has 0 amide bonds. The first kappa shape index (κ1) is 14.3. The van der Waals surface area contributed by atoms with E-state index in [4.69, 9.17) is 16.7 Å². The minimum absolute atomic E-state index is 0.0322. The summed E-state index contributed by atoms with van der Waals surface area (Å²) in [6, 6.07) is 6.21. The van der Waals surface area contributed by atoms with Crippen LogP contribution in [0.4, 0.5) is 13.2 Å². The van der Waals surface area contributed by atoms with E-state index in [0.717, 1.165) is 6.07 Å². The Bertz CT molecular complexity index is 654. The molecular formula is C13H7ClF3NO2. The van der Waals surface area contributed by atoms with Gasteiger partial charge in [-0.2, -0.15) is 13.2 Å². The van der Waals surface area contributed by atoms with Crippen molar-refractivity contribution in [2.24, 2.45) is 0 Å². The van der Waals surface area contributed by atoms with Gasteiger partial charge in [-0.3, -0.25) is 0 Å². The van der Waals surface area contributed by atoms with Gasteiger partial charge in [-0.15, -0.1) is 0 Å². The highest BCUT2D eigenvalue weighted by Crippen LogP contribution is 2.34. The van der Waals surface area contributed by atoms with Gasteiger partial charge in [-0.05, 0) is 23.8 Å². The molecule has 0 radical (unpaired) electrons. The van der Waals surface area contributed by atoms with Crippen molar-refractivity contribution in [1.29, 1.82) is 0 Å². The maximum Gasteiger partial charge on any atom is 0.417 e. The molecule has 1 heterocycles. The van der Waals surface area contributed by atoms with Crippen molar-refractivity contribution >= 4 is 17.6 Å². The van der Waals surface area contributed by atoms with Gasteiger partial charge in [0.2, 0.25) is 0 Å². The molecule has 0 aliphatic rings. The molecule has 0 atom stereocenters. The highest BCUT2D eigenvalue weighted by molar-refractivity contribution is 6.32. The van der Waals surface area contributed by atoms with E-state index in [1.807, 2.05) is 0 Å². The Balaban J connectivity index is 2.49. The number of nitrogens with zero attached hydrogens (tertiary/aromatic N) is 1. The Morgan fingerprint density at radius 1 is 1.20 bits per heavy atom. The number of aromatic nitrogens is 1. The van der Waals surface area contributed by atoms with E-state index in [2.05, 4.69) is 4.98 Å². The van der Waals surface area contributed by atoms with Crippen LogP contribution < -0.4 is 0 Å². The molecule has 0 spiro atoms. The molecule has 0 saturated carbocycles. The fourth-order valence-corrected chi connectivity index (χ4v) is 1.81. The first-order valence-corrected chi connectivity index (χ1v) is 5.73. The monoisotopic (exact) mass is 301 g/mol.